The fraction of sp³-hybridized carbons (Fsp3) is 0.350. The van der Waals surface area contributed by atoms with E-state index in [9.17, 15) is 9.90 Å². The SMILES string of the molecule is [B]C(C)(P)C(P)(c1cc(C)c(-n2cc(-c3cc(C(=O)O)c(C)s3)nn2)c(Cl)c1)C(C)(F)P. The Morgan fingerprint density at radius 3 is 2.34 bits per heavy atom. The van der Waals surface area contributed by atoms with Gasteiger partial charge in [-0.05, 0) is 49.1 Å². The van der Waals surface area contributed by atoms with Crippen LogP contribution in [0.1, 0.15) is 40.2 Å². The van der Waals surface area contributed by atoms with Gasteiger partial charge in [0.25, 0.3) is 0 Å². The van der Waals surface area contributed by atoms with Gasteiger partial charge in [0.15, 0.2) is 0 Å². The molecule has 0 aliphatic carbocycles. The summed E-state index contributed by atoms with van der Waals surface area (Å²) >= 11 is 7.98. The Bertz CT molecular complexity index is 1170. The van der Waals surface area contributed by atoms with Crippen LogP contribution in [-0.4, -0.2) is 44.4 Å². The lowest BCUT2D eigenvalue weighted by Gasteiger charge is -2.49. The van der Waals surface area contributed by atoms with Crippen LogP contribution in [0.5, 0.6) is 0 Å². The number of aryl methyl sites for hydroxylation is 2. The molecular formula is C20H23BClFN3O2P3S. The highest BCUT2D eigenvalue weighted by Gasteiger charge is 2.51. The zero-order valence-electron chi connectivity index (χ0n) is 18.0. The molecule has 0 saturated carbocycles. The zero-order chi connectivity index (χ0) is 24.2. The van der Waals surface area contributed by atoms with Crippen molar-refractivity contribution in [2.24, 2.45) is 0 Å². The summed E-state index contributed by atoms with van der Waals surface area (Å²) in [5.74, 6) is -0.984. The predicted molar refractivity (Wildman–Crippen MR) is 141 cm³/mol. The first kappa shape index (κ1) is 25.7. The van der Waals surface area contributed by atoms with Crippen LogP contribution < -0.4 is 0 Å². The highest BCUT2D eigenvalue weighted by molar-refractivity contribution is 7.29. The van der Waals surface area contributed by atoms with Crippen molar-refractivity contribution in [3.63, 3.8) is 0 Å². The summed E-state index contributed by atoms with van der Waals surface area (Å²) in [7, 11) is 13.7. The van der Waals surface area contributed by atoms with E-state index in [1.807, 2.05) is 13.0 Å². The number of rotatable bonds is 6. The van der Waals surface area contributed by atoms with Gasteiger partial charge in [0.1, 0.15) is 11.1 Å². The van der Waals surface area contributed by atoms with Gasteiger partial charge in [0.2, 0.25) is 0 Å². The van der Waals surface area contributed by atoms with Crippen molar-refractivity contribution in [1.82, 2.24) is 15.0 Å². The van der Waals surface area contributed by atoms with E-state index in [0.29, 0.717) is 31.7 Å². The lowest BCUT2D eigenvalue weighted by Crippen LogP contribution is -2.51. The molecule has 6 atom stereocenters. The Labute approximate surface area is 203 Å². The lowest BCUT2D eigenvalue weighted by molar-refractivity contribution is 0.0697. The van der Waals surface area contributed by atoms with Crippen molar-refractivity contribution in [1.29, 1.82) is 0 Å². The Morgan fingerprint density at radius 2 is 1.88 bits per heavy atom. The van der Waals surface area contributed by atoms with Crippen LogP contribution in [0.3, 0.4) is 0 Å². The molecule has 0 amide bonds. The number of thiophene rings is 1. The average molecular weight is 528 g/mol. The molecule has 6 unspecified atom stereocenters. The number of carboxylic acid groups (broad SMARTS) is 1. The largest absolute Gasteiger partial charge is 0.478 e. The van der Waals surface area contributed by atoms with E-state index < -0.39 is 21.6 Å². The molecule has 0 aliphatic rings. The zero-order valence-corrected chi connectivity index (χ0v) is 23.0. The van der Waals surface area contributed by atoms with Crippen LogP contribution >= 0.6 is 50.7 Å². The van der Waals surface area contributed by atoms with Crippen LogP contribution in [0.25, 0.3) is 16.3 Å². The minimum atomic E-state index is -1.75. The van der Waals surface area contributed by atoms with Gasteiger partial charge in [-0.1, -0.05) is 39.0 Å². The third kappa shape index (κ3) is 4.42. The van der Waals surface area contributed by atoms with Crippen LogP contribution in [0.2, 0.25) is 5.02 Å². The number of carbonyl (C=O) groups is 1. The van der Waals surface area contributed by atoms with E-state index in [0.717, 1.165) is 5.56 Å². The number of carboxylic acids is 1. The first-order chi connectivity index (χ1) is 14.6. The smallest absolute Gasteiger partial charge is 0.336 e. The topological polar surface area (TPSA) is 68.0 Å². The molecule has 2 radical (unpaired) electrons. The summed E-state index contributed by atoms with van der Waals surface area (Å²) in [5.41, 5.74) is 2.75. The summed E-state index contributed by atoms with van der Waals surface area (Å²) < 4.78 is 16.9. The molecule has 168 valence electrons. The Balaban J connectivity index is 2.09. The number of nitrogens with zero attached hydrogens (tertiary/aromatic N) is 3. The average Bonchev–Trinajstić information content (AvgIpc) is 3.25. The highest BCUT2D eigenvalue weighted by Crippen LogP contribution is 2.57. The third-order valence-corrected chi connectivity index (χ3v) is 9.91. The molecule has 0 bridgehead atoms. The van der Waals surface area contributed by atoms with E-state index in [1.165, 1.54) is 22.9 Å². The Hall–Kier alpha value is -0.895. The molecule has 0 spiro atoms. The molecule has 0 fully saturated rings. The molecule has 1 aromatic carbocycles. The number of aromatic nitrogens is 3. The van der Waals surface area contributed by atoms with Gasteiger partial charge in [-0.2, -0.15) is 0 Å². The van der Waals surface area contributed by atoms with E-state index >= 15 is 4.39 Å². The minimum absolute atomic E-state index is 0.240. The van der Waals surface area contributed by atoms with E-state index in [1.54, 1.807) is 32.2 Å². The molecule has 1 N–H and O–H groups in total. The van der Waals surface area contributed by atoms with E-state index in [2.05, 4.69) is 38.0 Å². The summed E-state index contributed by atoms with van der Waals surface area (Å²) in [4.78, 5) is 12.7. The fourth-order valence-corrected chi connectivity index (χ4v) is 6.25. The van der Waals surface area contributed by atoms with Crippen molar-refractivity contribution in [2.75, 3.05) is 0 Å². The molecule has 12 heteroatoms. The van der Waals surface area contributed by atoms with Crippen molar-refractivity contribution in [3.8, 4) is 16.3 Å². The Morgan fingerprint density at radius 1 is 1.25 bits per heavy atom. The molecule has 2 heterocycles. The predicted octanol–water partition coefficient (Wildman–Crippen LogP) is 5.36. The molecule has 3 aromatic rings. The number of hydrogen-bond acceptors (Lipinski definition) is 4. The summed E-state index contributed by atoms with van der Waals surface area (Å²) in [6.07, 6.45) is 1.69. The summed E-state index contributed by atoms with van der Waals surface area (Å²) in [6, 6.07) is 5.11. The number of alkyl halides is 1. The molecule has 0 saturated heterocycles. The normalized spacial score (nSPS) is 17.4. The highest BCUT2D eigenvalue weighted by atomic mass is 35.5. The van der Waals surface area contributed by atoms with Crippen LogP contribution in [0.4, 0.5) is 4.39 Å². The third-order valence-electron chi connectivity index (χ3n) is 5.45. The molecular weight excluding hydrogens is 504 g/mol. The second-order valence-electron chi connectivity index (χ2n) is 8.22. The van der Waals surface area contributed by atoms with Gasteiger partial charge in [-0.25, -0.2) is 13.9 Å². The van der Waals surface area contributed by atoms with Gasteiger partial charge in [-0.15, -0.1) is 34.9 Å². The molecule has 2 aromatic heterocycles. The van der Waals surface area contributed by atoms with Crippen molar-refractivity contribution in [2.45, 2.75) is 43.3 Å². The summed E-state index contributed by atoms with van der Waals surface area (Å²) in [5, 5.41) is 14.1. The van der Waals surface area contributed by atoms with Gasteiger partial charge < -0.3 is 5.11 Å². The van der Waals surface area contributed by atoms with Gasteiger partial charge in [0, 0.05) is 10.0 Å². The lowest BCUT2D eigenvalue weighted by atomic mass is 9.70. The summed E-state index contributed by atoms with van der Waals surface area (Å²) in [6.45, 7) is 6.79. The number of benzene rings is 1. The Kier molecular flexibility index (Phi) is 7.00. The maximum absolute atomic E-state index is 15.3. The molecule has 0 aliphatic heterocycles. The second-order valence-corrected chi connectivity index (χ2v) is 13.0. The molecule has 3 rings (SSSR count). The molecule has 32 heavy (non-hydrogen) atoms. The first-order valence-corrected chi connectivity index (χ1v) is 12.4. The monoisotopic (exact) mass is 527 g/mol. The maximum atomic E-state index is 15.3. The van der Waals surface area contributed by atoms with Crippen molar-refractivity contribution in [3.05, 3.63) is 51.0 Å². The van der Waals surface area contributed by atoms with Crippen LogP contribution in [0, 0.1) is 13.8 Å². The van der Waals surface area contributed by atoms with E-state index in [4.69, 9.17) is 19.4 Å². The van der Waals surface area contributed by atoms with Crippen LogP contribution in [-0.2, 0) is 5.16 Å². The second kappa shape index (κ2) is 8.71. The van der Waals surface area contributed by atoms with E-state index in [-0.39, 0.29) is 5.56 Å². The fourth-order valence-electron chi connectivity index (χ4n) is 3.68. The number of hydrogen-bond donors (Lipinski definition) is 1. The van der Waals surface area contributed by atoms with Crippen molar-refractivity contribution < 1.29 is 14.3 Å². The van der Waals surface area contributed by atoms with Crippen LogP contribution in [0.15, 0.2) is 24.4 Å². The quantitative estimate of drug-likeness (QED) is 0.346. The van der Waals surface area contributed by atoms with Gasteiger partial charge in [0.05, 0.1) is 35.2 Å². The first-order valence-electron chi connectivity index (χ1n) is 9.49. The van der Waals surface area contributed by atoms with Gasteiger partial charge in [-0.3, -0.25) is 0 Å². The number of halogens is 2. The maximum Gasteiger partial charge on any atom is 0.336 e. The molecule has 5 nitrogen and oxygen atoms in total. The van der Waals surface area contributed by atoms with Gasteiger partial charge >= 0.3 is 5.97 Å². The standard InChI is InChI=1S/C20H23BClFN3O2P3S/c1-9-5-11(20(31,18(3,21)29)19(4,23)30)6-13(22)16(9)26-8-14(24-25-26)15-7-12(17(27)28)10(2)32-15/h5-8H,29-31H2,1-4H3,(H,27,28). The van der Waals surface area contributed by atoms with Crippen molar-refractivity contribution >= 4 is 64.5 Å². The number of aromatic carboxylic acids is 1. The minimum Gasteiger partial charge on any atom is -0.478 e.